The zero-order valence-corrected chi connectivity index (χ0v) is 14.0. The molecule has 7 nitrogen and oxygen atoms in total. The Hall–Kier alpha value is -2.57. The number of rotatable bonds is 5. The molecule has 1 saturated heterocycles. The van der Waals surface area contributed by atoms with E-state index >= 15 is 0 Å². The van der Waals surface area contributed by atoms with E-state index in [-0.39, 0.29) is 18.5 Å². The first kappa shape index (κ1) is 17.8. The number of nitrogens with one attached hydrogen (secondary N) is 2. The van der Waals surface area contributed by atoms with E-state index in [0.29, 0.717) is 30.8 Å². The molecule has 0 aliphatic carbocycles. The van der Waals surface area contributed by atoms with Gasteiger partial charge in [0.15, 0.2) is 0 Å². The molecule has 0 bridgehead atoms. The van der Waals surface area contributed by atoms with Crippen molar-refractivity contribution in [1.29, 1.82) is 0 Å². The van der Waals surface area contributed by atoms with Crippen LogP contribution < -0.4 is 10.6 Å². The summed E-state index contributed by atoms with van der Waals surface area (Å²) in [5.74, 6) is -1.04. The maximum Gasteiger partial charge on any atom is 0.321 e. The van der Waals surface area contributed by atoms with Gasteiger partial charge in [-0.15, -0.1) is 0 Å². The van der Waals surface area contributed by atoms with E-state index in [0.717, 1.165) is 6.42 Å². The Balaban J connectivity index is 1.93. The number of carbonyl (C=O) groups is 3. The second kappa shape index (κ2) is 7.33. The number of carboxylic acid groups (broad SMARTS) is 1. The van der Waals surface area contributed by atoms with Crippen LogP contribution in [0.3, 0.4) is 0 Å². The molecule has 2 rings (SSSR count). The third-order valence-corrected chi connectivity index (χ3v) is 4.21. The zero-order chi connectivity index (χ0) is 17.7. The van der Waals surface area contributed by atoms with Crippen LogP contribution in [0.1, 0.15) is 37.0 Å². The third kappa shape index (κ3) is 4.04. The standard InChI is InChI=1S/C17H23N3O4/c1-3-9-18-14(21)12-4-6-13(7-5-12)19-16(24)20-10-8-17(2,11-20)15(22)23/h4-7H,3,8-11H2,1-2H3,(H,18,21)(H,19,24)(H,22,23). The van der Waals surface area contributed by atoms with Gasteiger partial charge in [0, 0.05) is 30.9 Å². The summed E-state index contributed by atoms with van der Waals surface area (Å²) in [5.41, 5.74) is 0.204. The van der Waals surface area contributed by atoms with Crippen LogP contribution in [0, 0.1) is 5.41 Å². The topological polar surface area (TPSA) is 98.7 Å². The van der Waals surface area contributed by atoms with Gasteiger partial charge in [-0.2, -0.15) is 0 Å². The van der Waals surface area contributed by atoms with Crippen molar-refractivity contribution in [3.05, 3.63) is 29.8 Å². The molecule has 3 amide bonds. The van der Waals surface area contributed by atoms with E-state index in [9.17, 15) is 19.5 Å². The van der Waals surface area contributed by atoms with Gasteiger partial charge in [0.05, 0.1) is 5.41 Å². The molecule has 1 unspecified atom stereocenters. The van der Waals surface area contributed by atoms with Gasteiger partial charge in [-0.3, -0.25) is 9.59 Å². The highest BCUT2D eigenvalue weighted by atomic mass is 16.4. The van der Waals surface area contributed by atoms with Crippen LogP contribution >= 0.6 is 0 Å². The van der Waals surface area contributed by atoms with Crippen molar-refractivity contribution >= 4 is 23.6 Å². The second-order valence-corrected chi connectivity index (χ2v) is 6.30. The van der Waals surface area contributed by atoms with Crippen molar-refractivity contribution in [3.8, 4) is 0 Å². The summed E-state index contributed by atoms with van der Waals surface area (Å²) in [5, 5.41) is 14.7. The summed E-state index contributed by atoms with van der Waals surface area (Å²) in [4.78, 5) is 36.8. The van der Waals surface area contributed by atoms with E-state index in [1.165, 1.54) is 4.90 Å². The Morgan fingerprint density at radius 2 is 1.92 bits per heavy atom. The van der Waals surface area contributed by atoms with E-state index < -0.39 is 11.4 Å². The van der Waals surface area contributed by atoms with Crippen LogP contribution in [0.2, 0.25) is 0 Å². The summed E-state index contributed by atoms with van der Waals surface area (Å²) in [7, 11) is 0. The minimum atomic E-state index is -0.890. The lowest BCUT2D eigenvalue weighted by Crippen LogP contribution is -2.37. The van der Waals surface area contributed by atoms with E-state index in [1.807, 2.05) is 6.92 Å². The van der Waals surface area contributed by atoms with Gasteiger partial charge >= 0.3 is 12.0 Å². The second-order valence-electron chi connectivity index (χ2n) is 6.30. The largest absolute Gasteiger partial charge is 0.481 e. The van der Waals surface area contributed by atoms with Gasteiger partial charge in [-0.1, -0.05) is 6.92 Å². The molecule has 0 aromatic heterocycles. The van der Waals surface area contributed by atoms with Crippen molar-refractivity contribution < 1.29 is 19.5 Å². The molecule has 1 heterocycles. The Morgan fingerprint density at radius 1 is 1.25 bits per heavy atom. The molecule has 7 heteroatoms. The van der Waals surface area contributed by atoms with Gasteiger partial charge in [-0.05, 0) is 44.0 Å². The fourth-order valence-corrected chi connectivity index (χ4v) is 2.56. The molecule has 130 valence electrons. The summed E-state index contributed by atoms with van der Waals surface area (Å²) in [6, 6.07) is 6.28. The van der Waals surface area contributed by atoms with Gasteiger partial charge in [-0.25, -0.2) is 4.79 Å². The lowest BCUT2D eigenvalue weighted by Gasteiger charge is -2.20. The molecule has 24 heavy (non-hydrogen) atoms. The monoisotopic (exact) mass is 333 g/mol. The average molecular weight is 333 g/mol. The van der Waals surface area contributed by atoms with Gasteiger partial charge in [0.25, 0.3) is 5.91 Å². The van der Waals surface area contributed by atoms with Crippen molar-refractivity contribution in [2.45, 2.75) is 26.7 Å². The number of carbonyl (C=O) groups excluding carboxylic acids is 2. The Bertz CT molecular complexity index is 629. The lowest BCUT2D eigenvalue weighted by molar-refractivity contribution is -0.146. The molecule has 1 atom stereocenters. The highest BCUT2D eigenvalue weighted by molar-refractivity contribution is 5.95. The van der Waals surface area contributed by atoms with Crippen LogP contribution in [0.25, 0.3) is 0 Å². The molecule has 0 saturated carbocycles. The molecule has 1 aliphatic heterocycles. The first-order valence-corrected chi connectivity index (χ1v) is 8.03. The molecule has 1 fully saturated rings. The Morgan fingerprint density at radius 3 is 2.46 bits per heavy atom. The molecule has 1 aromatic rings. The molecule has 0 radical (unpaired) electrons. The van der Waals surface area contributed by atoms with E-state index in [2.05, 4.69) is 10.6 Å². The summed E-state index contributed by atoms with van der Waals surface area (Å²) in [6.45, 7) is 4.84. The average Bonchev–Trinajstić information content (AvgIpc) is 2.97. The minimum absolute atomic E-state index is 0.147. The first-order valence-electron chi connectivity index (χ1n) is 8.03. The van der Waals surface area contributed by atoms with Crippen molar-refractivity contribution in [3.63, 3.8) is 0 Å². The van der Waals surface area contributed by atoms with Gasteiger partial charge < -0.3 is 20.6 Å². The van der Waals surface area contributed by atoms with Crippen molar-refractivity contribution in [2.75, 3.05) is 25.0 Å². The predicted octanol–water partition coefficient (Wildman–Crippen LogP) is 2.15. The van der Waals surface area contributed by atoms with Crippen LogP contribution in [0.5, 0.6) is 0 Å². The van der Waals surface area contributed by atoms with E-state index in [1.54, 1.807) is 31.2 Å². The fourth-order valence-electron chi connectivity index (χ4n) is 2.56. The molecular formula is C17H23N3O4. The SMILES string of the molecule is CCCNC(=O)c1ccc(NC(=O)N2CCC(C)(C(=O)O)C2)cc1. The van der Waals surface area contributed by atoms with Crippen LogP contribution in [0.15, 0.2) is 24.3 Å². The molecule has 1 aromatic carbocycles. The summed E-state index contributed by atoms with van der Waals surface area (Å²) in [6.07, 6.45) is 1.30. The normalized spacial score (nSPS) is 19.8. The van der Waals surface area contributed by atoms with Crippen molar-refractivity contribution in [2.24, 2.45) is 5.41 Å². The number of benzene rings is 1. The van der Waals surface area contributed by atoms with Crippen molar-refractivity contribution in [1.82, 2.24) is 10.2 Å². The quantitative estimate of drug-likeness (QED) is 0.769. The smallest absolute Gasteiger partial charge is 0.321 e. The maximum absolute atomic E-state index is 12.2. The molecule has 3 N–H and O–H groups in total. The van der Waals surface area contributed by atoms with E-state index in [4.69, 9.17) is 0 Å². The van der Waals surface area contributed by atoms with Gasteiger partial charge in [0.2, 0.25) is 0 Å². The Kier molecular flexibility index (Phi) is 5.43. The molecule has 0 spiro atoms. The van der Waals surface area contributed by atoms with Crippen LogP contribution in [-0.4, -0.2) is 47.5 Å². The number of anilines is 1. The van der Waals surface area contributed by atoms with Crippen LogP contribution in [-0.2, 0) is 4.79 Å². The highest BCUT2D eigenvalue weighted by Gasteiger charge is 2.42. The number of hydrogen-bond acceptors (Lipinski definition) is 3. The van der Waals surface area contributed by atoms with Gasteiger partial charge in [0.1, 0.15) is 0 Å². The van der Waals surface area contributed by atoms with Crippen LogP contribution in [0.4, 0.5) is 10.5 Å². The number of amides is 3. The number of aliphatic carboxylic acids is 1. The number of likely N-dealkylation sites (tertiary alicyclic amines) is 1. The number of nitrogens with zero attached hydrogens (tertiary/aromatic N) is 1. The minimum Gasteiger partial charge on any atom is -0.481 e. The predicted molar refractivity (Wildman–Crippen MR) is 90.0 cm³/mol. The highest BCUT2D eigenvalue weighted by Crippen LogP contribution is 2.30. The third-order valence-electron chi connectivity index (χ3n) is 4.21. The number of urea groups is 1. The first-order chi connectivity index (χ1) is 11.4. The fraction of sp³-hybridized carbons (Fsp3) is 0.471. The Labute approximate surface area is 141 Å². The molecular weight excluding hydrogens is 310 g/mol. The lowest BCUT2D eigenvalue weighted by atomic mass is 9.90. The number of hydrogen-bond donors (Lipinski definition) is 3. The summed E-state index contributed by atoms with van der Waals surface area (Å²) >= 11 is 0. The summed E-state index contributed by atoms with van der Waals surface area (Å²) < 4.78 is 0. The zero-order valence-electron chi connectivity index (χ0n) is 14.0. The number of carboxylic acids is 1. The maximum atomic E-state index is 12.2. The molecule has 1 aliphatic rings.